The van der Waals surface area contributed by atoms with E-state index in [0.29, 0.717) is 18.1 Å². The minimum Gasteiger partial charge on any atom is -0.370 e. The lowest BCUT2D eigenvalue weighted by Gasteiger charge is -2.24. The highest BCUT2D eigenvalue weighted by Gasteiger charge is 2.45. The Hall–Kier alpha value is -0.130. The average molecular weight is 220 g/mol. The molecule has 4 unspecified atom stereocenters. The summed E-state index contributed by atoms with van der Waals surface area (Å²) in [4.78, 5) is 0. The summed E-state index contributed by atoms with van der Waals surface area (Å²) in [5, 5.41) is 0. The molecule has 2 fully saturated rings. The first-order chi connectivity index (χ1) is 6.46. The van der Waals surface area contributed by atoms with E-state index in [2.05, 4.69) is 0 Å². The zero-order valence-corrected chi connectivity index (χ0v) is 9.03. The normalized spacial score (nSPS) is 38.9. The van der Waals surface area contributed by atoms with Gasteiger partial charge in [-0.25, -0.2) is 0 Å². The SMILES string of the molecule is CC(CS(=O)(=O)O)C1CCC2OC2C1. The molecular formula is C9H16O4S. The Morgan fingerprint density at radius 1 is 1.43 bits per heavy atom. The third kappa shape index (κ3) is 2.46. The third-order valence-corrected chi connectivity index (χ3v) is 4.27. The molecule has 4 atom stereocenters. The van der Waals surface area contributed by atoms with Gasteiger partial charge in [-0.2, -0.15) is 8.42 Å². The number of ether oxygens (including phenoxy) is 1. The van der Waals surface area contributed by atoms with E-state index >= 15 is 0 Å². The van der Waals surface area contributed by atoms with E-state index in [1.54, 1.807) is 0 Å². The average Bonchev–Trinajstić information content (AvgIpc) is 2.77. The van der Waals surface area contributed by atoms with Gasteiger partial charge < -0.3 is 4.74 Å². The van der Waals surface area contributed by atoms with E-state index in [9.17, 15) is 8.42 Å². The van der Waals surface area contributed by atoms with Gasteiger partial charge in [0.15, 0.2) is 0 Å². The van der Waals surface area contributed by atoms with E-state index in [1.807, 2.05) is 6.92 Å². The summed E-state index contributed by atoms with van der Waals surface area (Å²) in [7, 11) is -3.82. The molecule has 1 aliphatic carbocycles. The quantitative estimate of drug-likeness (QED) is 0.571. The van der Waals surface area contributed by atoms with Crippen LogP contribution in [-0.2, 0) is 14.9 Å². The maximum atomic E-state index is 10.7. The monoisotopic (exact) mass is 220 g/mol. The first-order valence-corrected chi connectivity index (χ1v) is 6.67. The number of epoxide rings is 1. The molecule has 0 aromatic carbocycles. The number of hydrogen-bond acceptors (Lipinski definition) is 3. The lowest BCUT2D eigenvalue weighted by atomic mass is 9.82. The second-order valence-corrected chi connectivity index (χ2v) is 6.01. The molecule has 4 nitrogen and oxygen atoms in total. The summed E-state index contributed by atoms with van der Waals surface area (Å²) in [5.74, 6) is 0.311. The van der Waals surface area contributed by atoms with Crippen LogP contribution in [0.4, 0.5) is 0 Å². The van der Waals surface area contributed by atoms with Gasteiger partial charge in [-0.1, -0.05) is 6.92 Å². The molecule has 0 radical (unpaired) electrons. The second kappa shape index (κ2) is 3.47. The topological polar surface area (TPSA) is 66.9 Å². The Bertz CT molecular complexity index is 311. The highest BCUT2D eigenvalue weighted by molar-refractivity contribution is 7.85. The third-order valence-electron chi connectivity index (χ3n) is 3.32. The maximum Gasteiger partial charge on any atom is 0.265 e. The van der Waals surface area contributed by atoms with Crippen molar-refractivity contribution in [3.63, 3.8) is 0 Å². The van der Waals surface area contributed by atoms with Gasteiger partial charge in [0, 0.05) is 0 Å². The van der Waals surface area contributed by atoms with E-state index in [0.717, 1.165) is 19.3 Å². The second-order valence-electron chi connectivity index (χ2n) is 4.51. The number of fused-ring (bicyclic) bond motifs is 1. The van der Waals surface area contributed by atoms with E-state index in [-0.39, 0.29) is 11.7 Å². The molecule has 1 N–H and O–H groups in total. The minimum absolute atomic E-state index is 0.0372. The van der Waals surface area contributed by atoms with Gasteiger partial charge in [-0.05, 0) is 31.1 Å². The molecule has 0 bridgehead atoms. The largest absolute Gasteiger partial charge is 0.370 e. The lowest BCUT2D eigenvalue weighted by Crippen LogP contribution is -2.25. The van der Waals surface area contributed by atoms with Crippen molar-refractivity contribution in [3.05, 3.63) is 0 Å². The molecule has 0 aromatic heterocycles. The molecule has 1 heterocycles. The fourth-order valence-electron chi connectivity index (χ4n) is 2.42. The number of rotatable bonds is 3. The summed E-state index contributed by atoms with van der Waals surface area (Å²) in [6, 6.07) is 0. The molecule has 2 rings (SSSR count). The summed E-state index contributed by atoms with van der Waals surface area (Å²) < 4.78 is 35.5. The summed E-state index contributed by atoms with van der Waals surface area (Å²) in [6.45, 7) is 1.89. The first-order valence-electron chi connectivity index (χ1n) is 5.06. The Labute approximate surface area is 84.4 Å². The number of hydrogen-bond donors (Lipinski definition) is 1. The van der Waals surface area contributed by atoms with Crippen LogP contribution < -0.4 is 0 Å². The van der Waals surface area contributed by atoms with Crippen molar-refractivity contribution in [2.24, 2.45) is 11.8 Å². The van der Waals surface area contributed by atoms with Gasteiger partial charge in [-0.3, -0.25) is 4.55 Å². The summed E-state index contributed by atoms with van der Waals surface area (Å²) in [5.41, 5.74) is 0. The van der Waals surface area contributed by atoms with Crippen molar-refractivity contribution in [2.75, 3.05) is 5.75 Å². The van der Waals surface area contributed by atoms with E-state index in [4.69, 9.17) is 9.29 Å². The van der Waals surface area contributed by atoms with Crippen molar-refractivity contribution >= 4 is 10.1 Å². The van der Waals surface area contributed by atoms with Crippen LogP contribution in [0.15, 0.2) is 0 Å². The van der Waals surface area contributed by atoms with Gasteiger partial charge in [0.05, 0.1) is 18.0 Å². The Morgan fingerprint density at radius 2 is 2.14 bits per heavy atom. The molecule has 1 saturated carbocycles. The van der Waals surface area contributed by atoms with Gasteiger partial charge in [0.1, 0.15) is 0 Å². The summed E-state index contributed by atoms with van der Waals surface area (Å²) in [6.07, 6.45) is 3.85. The fraction of sp³-hybridized carbons (Fsp3) is 1.00. The predicted molar refractivity (Wildman–Crippen MR) is 51.6 cm³/mol. The van der Waals surface area contributed by atoms with E-state index in [1.165, 1.54) is 0 Å². The zero-order chi connectivity index (χ0) is 10.3. The molecule has 5 heteroatoms. The predicted octanol–water partition coefficient (Wildman–Crippen LogP) is 1.08. The van der Waals surface area contributed by atoms with Crippen molar-refractivity contribution in [2.45, 2.75) is 38.4 Å². The van der Waals surface area contributed by atoms with Crippen LogP contribution in [0.2, 0.25) is 0 Å². The van der Waals surface area contributed by atoms with Crippen LogP contribution in [0.1, 0.15) is 26.2 Å². The van der Waals surface area contributed by atoms with Crippen molar-refractivity contribution < 1.29 is 17.7 Å². The molecule has 0 aromatic rings. The lowest BCUT2D eigenvalue weighted by molar-refractivity contribution is 0.294. The fourth-order valence-corrected chi connectivity index (χ4v) is 3.36. The highest BCUT2D eigenvalue weighted by Crippen LogP contribution is 2.42. The standard InChI is InChI=1S/C9H16O4S/c1-6(5-14(10,11)12)7-2-3-8-9(4-7)13-8/h6-9H,2-5H2,1H3,(H,10,11,12). The maximum absolute atomic E-state index is 10.7. The van der Waals surface area contributed by atoms with Crippen LogP contribution in [0.25, 0.3) is 0 Å². The smallest absolute Gasteiger partial charge is 0.265 e. The molecular weight excluding hydrogens is 204 g/mol. The first kappa shape index (κ1) is 10.4. The molecule has 0 spiro atoms. The zero-order valence-electron chi connectivity index (χ0n) is 8.22. The van der Waals surface area contributed by atoms with Crippen molar-refractivity contribution in [1.29, 1.82) is 0 Å². The van der Waals surface area contributed by atoms with Crippen molar-refractivity contribution in [1.82, 2.24) is 0 Å². The van der Waals surface area contributed by atoms with Gasteiger partial charge in [0.25, 0.3) is 10.1 Å². The molecule has 0 amide bonds. The van der Waals surface area contributed by atoms with Crippen LogP contribution >= 0.6 is 0 Å². The van der Waals surface area contributed by atoms with Crippen LogP contribution in [0, 0.1) is 11.8 Å². The van der Waals surface area contributed by atoms with Crippen LogP contribution in [0.3, 0.4) is 0 Å². The Kier molecular flexibility index (Phi) is 2.57. The Morgan fingerprint density at radius 3 is 2.71 bits per heavy atom. The molecule has 1 saturated heterocycles. The van der Waals surface area contributed by atoms with Crippen LogP contribution in [-0.4, -0.2) is 30.9 Å². The summed E-state index contributed by atoms with van der Waals surface area (Å²) >= 11 is 0. The highest BCUT2D eigenvalue weighted by atomic mass is 32.2. The van der Waals surface area contributed by atoms with Crippen LogP contribution in [0.5, 0.6) is 0 Å². The van der Waals surface area contributed by atoms with Crippen molar-refractivity contribution in [3.8, 4) is 0 Å². The molecule has 2 aliphatic rings. The van der Waals surface area contributed by atoms with Gasteiger partial charge in [0.2, 0.25) is 0 Å². The van der Waals surface area contributed by atoms with Gasteiger partial charge >= 0.3 is 0 Å². The molecule has 82 valence electrons. The molecule has 1 aliphatic heterocycles. The van der Waals surface area contributed by atoms with Gasteiger partial charge in [-0.15, -0.1) is 0 Å². The Balaban J connectivity index is 1.88. The molecule has 14 heavy (non-hydrogen) atoms. The minimum atomic E-state index is -3.82. The van der Waals surface area contributed by atoms with E-state index < -0.39 is 10.1 Å².